The molecule has 0 bridgehead atoms. The van der Waals surface area contributed by atoms with Crippen molar-refractivity contribution in [2.45, 2.75) is 6.92 Å². The maximum atomic E-state index is 12.7. The van der Waals surface area contributed by atoms with Crippen LogP contribution in [0.1, 0.15) is 15.4 Å². The summed E-state index contributed by atoms with van der Waals surface area (Å²) in [4.78, 5) is 23.5. The van der Waals surface area contributed by atoms with Crippen LogP contribution in [0.15, 0.2) is 48.8 Å². The normalized spacial score (nSPS) is 11.1. The highest BCUT2D eigenvalue weighted by atomic mass is 32.1. The molecule has 0 aliphatic heterocycles. The molecule has 0 spiro atoms. The van der Waals surface area contributed by atoms with Gasteiger partial charge in [-0.05, 0) is 50.7 Å². The molecule has 3 aromatic heterocycles. The molecule has 2 N–H and O–H groups in total. The Bertz CT molecular complexity index is 1220. The Hall–Kier alpha value is -3.43. The number of rotatable bonds is 7. The molecule has 0 aliphatic carbocycles. The van der Waals surface area contributed by atoms with Crippen LogP contribution in [0.25, 0.3) is 21.3 Å². The van der Waals surface area contributed by atoms with Crippen LogP contribution >= 0.6 is 11.3 Å². The van der Waals surface area contributed by atoms with Crippen molar-refractivity contribution in [3.05, 3.63) is 59.4 Å². The standard InChI is InChI=1S/C22H23N7OS/c1-14-27-28-22(31-14)16-4-5-17-13-25-20(12-18(17)10-16)26-21(30)15-6-7-23-19(11-15)24-8-9-29(2)3/h4-7,10-13H,8-9H2,1-3H3,(H,23,24)(H,25,26,30). The Morgan fingerprint density at radius 1 is 1.03 bits per heavy atom. The van der Waals surface area contributed by atoms with Gasteiger partial charge in [0.1, 0.15) is 21.7 Å². The van der Waals surface area contributed by atoms with Crippen LogP contribution in [0.3, 0.4) is 0 Å². The number of aryl methyl sites for hydroxylation is 1. The van der Waals surface area contributed by atoms with E-state index >= 15 is 0 Å². The van der Waals surface area contributed by atoms with E-state index in [9.17, 15) is 4.79 Å². The van der Waals surface area contributed by atoms with Crippen molar-refractivity contribution < 1.29 is 4.79 Å². The largest absolute Gasteiger partial charge is 0.369 e. The van der Waals surface area contributed by atoms with Gasteiger partial charge in [-0.3, -0.25) is 4.79 Å². The van der Waals surface area contributed by atoms with E-state index in [4.69, 9.17) is 0 Å². The lowest BCUT2D eigenvalue weighted by atomic mass is 10.1. The molecule has 4 aromatic rings. The molecule has 1 aromatic carbocycles. The number of fused-ring (bicyclic) bond motifs is 1. The number of pyridine rings is 2. The van der Waals surface area contributed by atoms with Gasteiger partial charge >= 0.3 is 0 Å². The van der Waals surface area contributed by atoms with Gasteiger partial charge in [-0.25, -0.2) is 9.97 Å². The van der Waals surface area contributed by atoms with E-state index in [2.05, 4.69) is 35.7 Å². The van der Waals surface area contributed by atoms with Crippen molar-refractivity contribution in [1.29, 1.82) is 0 Å². The Kier molecular flexibility index (Phi) is 6.15. The van der Waals surface area contributed by atoms with Crippen LogP contribution in [0.2, 0.25) is 0 Å². The number of hydrogen-bond acceptors (Lipinski definition) is 8. The maximum Gasteiger partial charge on any atom is 0.257 e. The van der Waals surface area contributed by atoms with Crippen molar-refractivity contribution >= 4 is 39.7 Å². The molecule has 1 amide bonds. The van der Waals surface area contributed by atoms with Crippen molar-refractivity contribution in [1.82, 2.24) is 25.1 Å². The number of anilines is 2. The number of amides is 1. The van der Waals surface area contributed by atoms with Crippen molar-refractivity contribution in [3.63, 3.8) is 0 Å². The summed E-state index contributed by atoms with van der Waals surface area (Å²) in [5.41, 5.74) is 1.51. The van der Waals surface area contributed by atoms with Gasteiger partial charge in [0.2, 0.25) is 0 Å². The van der Waals surface area contributed by atoms with Crippen LogP contribution in [0, 0.1) is 6.92 Å². The number of nitrogens with zero attached hydrogens (tertiary/aromatic N) is 5. The minimum absolute atomic E-state index is 0.235. The minimum Gasteiger partial charge on any atom is -0.369 e. The number of nitrogens with one attached hydrogen (secondary N) is 2. The lowest BCUT2D eigenvalue weighted by Crippen LogP contribution is -2.21. The number of carbonyl (C=O) groups excluding carboxylic acids is 1. The Morgan fingerprint density at radius 3 is 2.68 bits per heavy atom. The average molecular weight is 434 g/mol. The molecule has 0 atom stereocenters. The molecule has 0 radical (unpaired) electrons. The van der Waals surface area contributed by atoms with Crippen LogP contribution < -0.4 is 10.6 Å². The molecule has 9 heteroatoms. The number of aromatic nitrogens is 4. The fraction of sp³-hybridized carbons (Fsp3) is 0.227. The van der Waals surface area contributed by atoms with Gasteiger partial charge in [0, 0.05) is 42.0 Å². The molecule has 0 aliphatic rings. The molecule has 0 saturated heterocycles. The number of likely N-dealkylation sites (N-methyl/N-ethyl adjacent to an activating group) is 1. The second-order valence-electron chi connectivity index (χ2n) is 7.37. The number of benzene rings is 1. The molecule has 31 heavy (non-hydrogen) atoms. The second-order valence-corrected chi connectivity index (χ2v) is 8.55. The Morgan fingerprint density at radius 2 is 1.90 bits per heavy atom. The van der Waals surface area contributed by atoms with E-state index in [1.54, 1.807) is 35.9 Å². The van der Waals surface area contributed by atoms with Crippen LogP contribution in [-0.2, 0) is 0 Å². The van der Waals surface area contributed by atoms with Crippen LogP contribution in [-0.4, -0.2) is 58.2 Å². The molecule has 3 heterocycles. The van der Waals surface area contributed by atoms with E-state index in [1.807, 2.05) is 45.3 Å². The summed E-state index contributed by atoms with van der Waals surface area (Å²) < 4.78 is 0. The van der Waals surface area contributed by atoms with Gasteiger partial charge in [0.15, 0.2) is 0 Å². The summed E-state index contributed by atoms with van der Waals surface area (Å²) in [6.07, 6.45) is 3.37. The molecule has 0 saturated carbocycles. The highest BCUT2D eigenvalue weighted by Gasteiger charge is 2.10. The molecule has 158 valence electrons. The van der Waals surface area contributed by atoms with Crippen LogP contribution in [0.5, 0.6) is 0 Å². The fourth-order valence-electron chi connectivity index (χ4n) is 3.02. The van der Waals surface area contributed by atoms with Gasteiger partial charge in [0.05, 0.1) is 0 Å². The molecule has 0 fully saturated rings. The number of hydrogen-bond donors (Lipinski definition) is 2. The maximum absolute atomic E-state index is 12.7. The van der Waals surface area contributed by atoms with Crippen molar-refractivity contribution in [3.8, 4) is 10.6 Å². The summed E-state index contributed by atoms with van der Waals surface area (Å²) in [5.74, 6) is 0.917. The fourth-order valence-corrected chi connectivity index (χ4v) is 3.71. The zero-order chi connectivity index (χ0) is 21.8. The lowest BCUT2D eigenvalue weighted by Gasteiger charge is -2.11. The predicted octanol–water partition coefficient (Wildman–Crippen LogP) is 3.68. The summed E-state index contributed by atoms with van der Waals surface area (Å²) >= 11 is 1.55. The average Bonchev–Trinajstić information content (AvgIpc) is 3.19. The van der Waals surface area contributed by atoms with Gasteiger partial charge in [-0.2, -0.15) is 0 Å². The lowest BCUT2D eigenvalue weighted by molar-refractivity contribution is 0.102. The first kappa shape index (κ1) is 20.8. The zero-order valence-corrected chi connectivity index (χ0v) is 18.4. The van der Waals surface area contributed by atoms with Gasteiger partial charge in [-0.1, -0.05) is 23.5 Å². The summed E-state index contributed by atoms with van der Waals surface area (Å²) in [5, 5.41) is 18.1. The Labute approximate surface area is 184 Å². The quantitative estimate of drug-likeness (QED) is 0.459. The van der Waals surface area contributed by atoms with E-state index in [-0.39, 0.29) is 5.91 Å². The third kappa shape index (κ3) is 5.19. The SMILES string of the molecule is Cc1nnc(-c2ccc3cnc(NC(=O)c4ccnc(NCCN(C)C)c4)cc3c2)s1. The summed E-state index contributed by atoms with van der Waals surface area (Å²) in [7, 11) is 4.01. The third-order valence-electron chi connectivity index (χ3n) is 4.62. The first-order valence-electron chi connectivity index (χ1n) is 9.84. The van der Waals surface area contributed by atoms with Crippen molar-refractivity contribution in [2.24, 2.45) is 0 Å². The Balaban J connectivity index is 1.50. The van der Waals surface area contributed by atoms with Gasteiger partial charge < -0.3 is 15.5 Å². The highest BCUT2D eigenvalue weighted by Crippen LogP contribution is 2.27. The van der Waals surface area contributed by atoms with Gasteiger partial charge in [0.25, 0.3) is 5.91 Å². The highest BCUT2D eigenvalue weighted by molar-refractivity contribution is 7.14. The van der Waals surface area contributed by atoms with E-state index in [1.165, 1.54) is 0 Å². The minimum atomic E-state index is -0.235. The smallest absolute Gasteiger partial charge is 0.257 e. The summed E-state index contributed by atoms with van der Waals surface area (Å²) in [6, 6.07) is 11.3. The second kappa shape index (κ2) is 9.15. The monoisotopic (exact) mass is 433 g/mol. The van der Waals surface area contributed by atoms with E-state index in [0.717, 1.165) is 39.4 Å². The van der Waals surface area contributed by atoms with E-state index in [0.29, 0.717) is 17.2 Å². The zero-order valence-electron chi connectivity index (χ0n) is 17.6. The third-order valence-corrected chi connectivity index (χ3v) is 5.51. The molecular weight excluding hydrogens is 410 g/mol. The van der Waals surface area contributed by atoms with Gasteiger partial charge in [-0.15, -0.1) is 10.2 Å². The first-order valence-corrected chi connectivity index (χ1v) is 10.7. The first-order chi connectivity index (χ1) is 15.0. The van der Waals surface area contributed by atoms with Crippen molar-refractivity contribution in [2.75, 3.05) is 37.8 Å². The molecular formula is C22H23N7OS. The van der Waals surface area contributed by atoms with Crippen LogP contribution in [0.4, 0.5) is 11.6 Å². The predicted molar refractivity (Wildman–Crippen MR) is 125 cm³/mol. The van der Waals surface area contributed by atoms with E-state index < -0.39 is 0 Å². The molecule has 0 unspecified atom stereocenters. The number of carbonyl (C=O) groups is 1. The summed E-state index contributed by atoms with van der Waals surface area (Å²) in [6.45, 7) is 3.55. The topological polar surface area (TPSA) is 95.9 Å². The molecule has 8 nitrogen and oxygen atoms in total. The molecule has 4 rings (SSSR count).